The molecule has 0 radical (unpaired) electrons. The molecule has 8 nitrogen and oxygen atoms in total. The van der Waals surface area contributed by atoms with E-state index in [1.54, 1.807) is 42.5 Å². The monoisotopic (exact) mass is 408 g/mol. The maximum absolute atomic E-state index is 12.8. The van der Waals surface area contributed by atoms with Crippen LogP contribution < -0.4 is 15.5 Å². The largest absolute Gasteiger partial charge is 0.366 e. The molecule has 2 aromatic rings. The van der Waals surface area contributed by atoms with E-state index in [2.05, 4.69) is 10.6 Å². The summed E-state index contributed by atoms with van der Waals surface area (Å²) in [4.78, 5) is 38.1. The van der Waals surface area contributed by atoms with Crippen molar-refractivity contribution < 1.29 is 14.5 Å². The lowest BCUT2D eigenvalue weighted by molar-refractivity contribution is -0.384. The van der Waals surface area contributed by atoms with Crippen LogP contribution in [0.3, 0.4) is 0 Å². The Hall–Kier alpha value is -3.42. The summed E-state index contributed by atoms with van der Waals surface area (Å²) in [6, 6.07) is 13.9. The highest BCUT2D eigenvalue weighted by Gasteiger charge is 2.29. The highest BCUT2D eigenvalue weighted by atomic mass is 16.6. The standard InChI is InChI=1S/C22H24N4O4/c27-21(24-18-6-2-1-5-17(18)22(28)23-16-9-10-16)15-11-13-25(14-12-15)19-7-3-4-8-20(19)26(29)30/h1-8,15-16H,9-14H2,(H,23,28)(H,24,27). The normalized spacial score (nSPS) is 16.7. The molecule has 1 saturated heterocycles. The van der Waals surface area contributed by atoms with Gasteiger partial charge in [0, 0.05) is 31.1 Å². The van der Waals surface area contributed by atoms with Crippen molar-refractivity contribution in [2.75, 3.05) is 23.3 Å². The summed E-state index contributed by atoms with van der Waals surface area (Å²) in [6.45, 7) is 1.12. The van der Waals surface area contributed by atoms with E-state index in [-0.39, 0.29) is 34.4 Å². The number of carbonyl (C=O) groups is 2. The number of anilines is 2. The molecule has 1 saturated carbocycles. The van der Waals surface area contributed by atoms with Gasteiger partial charge in [-0.2, -0.15) is 0 Å². The summed E-state index contributed by atoms with van der Waals surface area (Å²) in [5.74, 6) is -0.493. The molecule has 0 aromatic heterocycles. The maximum Gasteiger partial charge on any atom is 0.292 e. The first-order valence-corrected chi connectivity index (χ1v) is 10.2. The quantitative estimate of drug-likeness (QED) is 0.563. The minimum atomic E-state index is -0.377. The molecule has 0 bridgehead atoms. The van der Waals surface area contributed by atoms with Gasteiger partial charge in [0.05, 0.1) is 16.2 Å². The minimum Gasteiger partial charge on any atom is -0.366 e. The fourth-order valence-electron chi connectivity index (χ4n) is 3.78. The Labute approximate surface area is 174 Å². The molecule has 8 heteroatoms. The van der Waals surface area contributed by atoms with Crippen LogP contribution in [-0.4, -0.2) is 35.9 Å². The summed E-state index contributed by atoms with van der Waals surface area (Å²) >= 11 is 0. The third-order valence-corrected chi connectivity index (χ3v) is 5.63. The van der Waals surface area contributed by atoms with Crippen LogP contribution in [0.5, 0.6) is 0 Å². The van der Waals surface area contributed by atoms with Gasteiger partial charge in [0.1, 0.15) is 5.69 Å². The molecule has 30 heavy (non-hydrogen) atoms. The second kappa shape index (κ2) is 8.52. The minimum absolute atomic E-state index is 0.0796. The van der Waals surface area contributed by atoms with Gasteiger partial charge in [-0.25, -0.2) is 0 Å². The number of para-hydroxylation sites is 3. The predicted octanol–water partition coefficient (Wildman–Crippen LogP) is 3.34. The van der Waals surface area contributed by atoms with E-state index in [9.17, 15) is 19.7 Å². The number of nitrogens with zero attached hydrogens (tertiary/aromatic N) is 2. The number of nitrogens with one attached hydrogen (secondary N) is 2. The van der Waals surface area contributed by atoms with Gasteiger partial charge in [0.2, 0.25) is 5.91 Å². The van der Waals surface area contributed by atoms with Crippen LogP contribution in [-0.2, 0) is 4.79 Å². The number of rotatable bonds is 6. The number of hydrogen-bond acceptors (Lipinski definition) is 5. The molecule has 2 N–H and O–H groups in total. The number of amides is 2. The van der Waals surface area contributed by atoms with Gasteiger partial charge in [-0.1, -0.05) is 24.3 Å². The predicted molar refractivity (Wildman–Crippen MR) is 114 cm³/mol. The molecule has 2 aromatic carbocycles. The summed E-state index contributed by atoms with van der Waals surface area (Å²) < 4.78 is 0. The first-order valence-electron chi connectivity index (χ1n) is 10.2. The van der Waals surface area contributed by atoms with Crippen molar-refractivity contribution >= 4 is 28.9 Å². The zero-order valence-electron chi connectivity index (χ0n) is 16.5. The van der Waals surface area contributed by atoms with Gasteiger partial charge in [-0.15, -0.1) is 0 Å². The van der Waals surface area contributed by atoms with Gasteiger partial charge in [-0.05, 0) is 43.9 Å². The highest BCUT2D eigenvalue weighted by Crippen LogP contribution is 2.31. The Morgan fingerprint density at radius 1 is 0.967 bits per heavy atom. The molecule has 0 atom stereocenters. The SMILES string of the molecule is O=C(NC1CC1)c1ccccc1NC(=O)C1CCN(c2ccccc2[N+](=O)[O-])CC1. The van der Waals surface area contributed by atoms with Gasteiger partial charge in [0.15, 0.2) is 0 Å². The van der Waals surface area contributed by atoms with Crippen LogP contribution in [0.15, 0.2) is 48.5 Å². The lowest BCUT2D eigenvalue weighted by Crippen LogP contribution is -2.38. The van der Waals surface area contributed by atoms with Crippen LogP contribution in [0.2, 0.25) is 0 Å². The third kappa shape index (κ3) is 4.42. The average molecular weight is 408 g/mol. The van der Waals surface area contributed by atoms with E-state index in [1.807, 2.05) is 4.90 Å². The molecule has 156 valence electrons. The van der Waals surface area contributed by atoms with Gasteiger partial charge in [-0.3, -0.25) is 19.7 Å². The Bertz CT molecular complexity index is 965. The van der Waals surface area contributed by atoms with Gasteiger partial charge in [0.25, 0.3) is 11.6 Å². The van der Waals surface area contributed by atoms with E-state index >= 15 is 0 Å². The van der Waals surface area contributed by atoms with Crippen molar-refractivity contribution in [1.29, 1.82) is 0 Å². The molecule has 2 amide bonds. The van der Waals surface area contributed by atoms with Crippen LogP contribution >= 0.6 is 0 Å². The Morgan fingerprint density at radius 3 is 2.33 bits per heavy atom. The van der Waals surface area contributed by atoms with E-state index < -0.39 is 0 Å². The van der Waals surface area contributed by atoms with Gasteiger partial charge >= 0.3 is 0 Å². The van der Waals surface area contributed by atoms with Gasteiger partial charge < -0.3 is 15.5 Å². The molecule has 0 unspecified atom stereocenters. The summed E-state index contributed by atoms with van der Waals surface area (Å²) in [5, 5.41) is 17.1. The molecular weight excluding hydrogens is 384 g/mol. The van der Waals surface area contributed by atoms with E-state index in [0.29, 0.717) is 42.9 Å². The third-order valence-electron chi connectivity index (χ3n) is 5.63. The zero-order chi connectivity index (χ0) is 21.1. The number of carbonyl (C=O) groups excluding carboxylic acids is 2. The van der Waals surface area contributed by atoms with Crippen LogP contribution in [0.4, 0.5) is 17.1 Å². The molecule has 2 aliphatic rings. The Kier molecular flexibility index (Phi) is 5.65. The molecule has 1 heterocycles. The number of nitro groups is 1. The highest BCUT2D eigenvalue weighted by molar-refractivity contribution is 6.04. The first kappa shape index (κ1) is 19.9. The lowest BCUT2D eigenvalue weighted by Gasteiger charge is -2.32. The summed E-state index contributed by atoms with van der Waals surface area (Å²) in [6.07, 6.45) is 3.18. The topological polar surface area (TPSA) is 105 Å². The van der Waals surface area contributed by atoms with Crippen molar-refractivity contribution in [2.24, 2.45) is 5.92 Å². The fraction of sp³-hybridized carbons (Fsp3) is 0.364. The molecule has 0 spiro atoms. The molecule has 4 rings (SSSR count). The number of benzene rings is 2. The molecule has 1 aliphatic carbocycles. The lowest BCUT2D eigenvalue weighted by atomic mass is 9.95. The van der Waals surface area contributed by atoms with Crippen LogP contribution in [0.25, 0.3) is 0 Å². The number of hydrogen-bond donors (Lipinski definition) is 2. The summed E-state index contributed by atoms with van der Waals surface area (Å²) in [5.41, 5.74) is 1.65. The molecule has 2 fully saturated rings. The van der Waals surface area contributed by atoms with Crippen molar-refractivity contribution in [1.82, 2.24) is 5.32 Å². The first-order chi connectivity index (χ1) is 14.5. The van der Waals surface area contributed by atoms with Crippen molar-refractivity contribution in [3.05, 3.63) is 64.2 Å². The van der Waals surface area contributed by atoms with Crippen molar-refractivity contribution in [3.63, 3.8) is 0 Å². The van der Waals surface area contributed by atoms with Crippen LogP contribution in [0, 0.1) is 16.0 Å². The molecule has 1 aliphatic heterocycles. The van der Waals surface area contributed by atoms with Crippen LogP contribution in [0.1, 0.15) is 36.0 Å². The average Bonchev–Trinajstić information content (AvgIpc) is 3.58. The zero-order valence-corrected chi connectivity index (χ0v) is 16.5. The second-order valence-corrected chi connectivity index (χ2v) is 7.79. The van der Waals surface area contributed by atoms with Crippen molar-refractivity contribution in [3.8, 4) is 0 Å². The molecular formula is C22H24N4O4. The van der Waals surface area contributed by atoms with E-state index in [0.717, 1.165) is 12.8 Å². The number of piperidine rings is 1. The van der Waals surface area contributed by atoms with E-state index in [4.69, 9.17) is 0 Å². The summed E-state index contributed by atoms with van der Waals surface area (Å²) in [7, 11) is 0. The fourth-order valence-corrected chi connectivity index (χ4v) is 3.78. The number of nitro benzene ring substituents is 1. The van der Waals surface area contributed by atoms with E-state index in [1.165, 1.54) is 6.07 Å². The smallest absolute Gasteiger partial charge is 0.292 e. The van der Waals surface area contributed by atoms with Crippen molar-refractivity contribution in [2.45, 2.75) is 31.7 Å². The second-order valence-electron chi connectivity index (χ2n) is 7.79. The Balaban J connectivity index is 1.39. The maximum atomic E-state index is 12.8. The Morgan fingerprint density at radius 2 is 1.63 bits per heavy atom.